The summed E-state index contributed by atoms with van der Waals surface area (Å²) in [6.07, 6.45) is 4.51. The SMILES string of the molecule is Fc1ccc2ccc3c(N(c4cn(-c5ccccc5)c5ccccc45)c4cn(-c5ccccc5)c5ccccc45)ccc4ccc1c2c43. The lowest BCUT2D eigenvalue weighted by atomic mass is 9.92. The highest BCUT2D eigenvalue weighted by Gasteiger charge is 2.25. The standard InChI is InChI=1S/C44H28FN3/c45-37-25-21-29-20-24-36-40(26-22-30-19-23-33(37)43(29)44(30)36)48(41-27-46(31-11-3-1-4-12-31)38-17-9-7-15-34(38)41)42-28-47(32-13-5-2-6-14-32)39-18-10-8-16-35(39)42/h1-28H. The first-order chi connectivity index (χ1) is 23.7. The largest absolute Gasteiger partial charge is 0.314 e. The summed E-state index contributed by atoms with van der Waals surface area (Å²) in [7, 11) is 0. The normalized spacial score (nSPS) is 11.9. The van der Waals surface area contributed by atoms with Crippen LogP contribution < -0.4 is 4.90 Å². The first-order valence-electron chi connectivity index (χ1n) is 16.2. The molecule has 0 saturated carbocycles. The molecule has 2 heterocycles. The van der Waals surface area contributed by atoms with E-state index in [0.717, 1.165) is 77.2 Å². The van der Waals surface area contributed by atoms with E-state index in [9.17, 15) is 0 Å². The van der Waals surface area contributed by atoms with Crippen LogP contribution in [0.1, 0.15) is 0 Å². The van der Waals surface area contributed by atoms with Crippen LogP contribution in [0.2, 0.25) is 0 Å². The zero-order valence-corrected chi connectivity index (χ0v) is 25.9. The number of fused-ring (bicyclic) bond motifs is 2. The zero-order chi connectivity index (χ0) is 31.8. The first-order valence-corrected chi connectivity index (χ1v) is 16.2. The minimum absolute atomic E-state index is 0.198. The van der Waals surface area contributed by atoms with Crippen LogP contribution in [0, 0.1) is 5.82 Å². The summed E-state index contributed by atoms with van der Waals surface area (Å²) in [4.78, 5) is 2.41. The third-order valence-corrected chi connectivity index (χ3v) is 9.76. The van der Waals surface area contributed by atoms with E-state index in [1.165, 1.54) is 0 Å². The molecule has 0 amide bonds. The third-order valence-electron chi connectivity index (χ3n) is 9.76. The Labute approximate surface area is 276 Å². The molecule has 0 bridgehead atoms. The van der Waals surface area contributed by atoms with Gasteiger partial charge in [0, 0.05) is 50.7 Å². The monoisotopic (exact) mass is 617 g/mol. The molecule has 0 radical (unpaired) electrons. The number of para-hydroxylation sites is 4. The van der Waals surface area contributed by atoms with Gasteiger partial charge >= 0.3 is 0 Å². The number of anilines is 3. The summed E-state index contributed by atoms with van der Waals surface area (Å²) in [6.45, 7) is 0. The smallest absolute Gasteiger partial charge is 0.131 e. The number of nitrogens with zero attached hydrogens (tertiary/aromatic N) is 3. The van der Waals surface area contributed by atoms with Gasteiger partial charge < -0.3 is 14.0 Å². The van der Waals surface area contributed by atoms with E-state index in [4.69, 9.17) is 0 Å². The van der Waals surface area contributed by atoms with Crippen LogP contribution in [0.4, 0.5) is 21.5 Å². The maximum atomic E-state index is 15.3. The molecule has 0 atom stereocenters. The van der Waals surface area contributed by atoms with Crippen molar-refractivity contribution in [3.63, 3.8) is 0 Å². The Balaban J connectivity index is 1.35. The predicted octanol–water partition coefficient (Wildman–Crippen LogP) is 12.1. The molecule has 8 aromatic carbocycles. The molecular formula is C44H28FN3. The van der Waals surface area contributed by atoms with Gasteiger partial charge in [-0.25, -0.2) is 4.39 Å². The quantitative estimate of drug-likeness (QED) is 0.175. The van der Waals surface area contributed by atoms with Crippen molar-refractivity contribution in [2.24, 2.45) is 0 Å². The molecule has 0 aliphatic heterocycles. The fourth-order valence-electron chi connectivity index (χ4n) is 7.62. The van der Waals surface area contributed by atoms with Crippen LogP contribution in [0.15, 0.2) is 170 Å². The molecule has 0 spiro atoms. The van der Waals surface area contributed by atoms with Gasteiger partial charge in [-0.2, -0.15) is 0 Å². The van der Waals surface area contributed by atoms with Crippen molar-refractivity contribution in [3.8, 4) is 11.4 Å². The average molecular weight is 618 g/mol. The Kier molecular flexibility index (Phi) is 5.75. The molecule has 226 valence electrons. The molecule has 3 nitrogen and oxygen atoms in total. The number of benzene rings is 8. The highest BCUT2D eigenvalue weighted by Crippen LogP contribution is 2.48. The van der Waals surface area contributed by atoms with Gasteiger partial charge in [-0.3, -0.25) is 0 Å². The van der Waals surface area contributed by atoms with Crippen molar-refractivity contribution >= 4 is 71.2 Å². The maximum absolute atomic E-state index is 15.3. The van der Waals surface area contributed by atoms with E-state index in [-0.39, 0.29) is 5.82 Å². The number of hydrogen-bond donors (Lipinski definition) is 0. The summed E-state index contributed by atoms with van der Waals surface area (Å²) in [6, 6.07) is 54.4. The number of rotatable bonds is 5. The van der Waals surface area contributed by atoms with Crippen molar-refractivity contribution in [3.05, 3.63) is 176 Å². The molecule has 0 aliphatic rings. The average Bonchev–Trinajstić information content (AvgIpc) is 3.72. The lowest BCUT2D eigenvalue weighted by molar-refractivity contribution is 0.640. The lowest BCUT2D eigenvalue weighted by Gasteiger charge is -2.26. The molecule has 0 aliphatic carbocycles. The van der Waals surface area contributed by atoms with E-state index < -0.39 is 0 Å². The van der Waals surface area contributed by atoms with Gasteiger partial charge in [0.1, 0.15) is 5.82 Å². The highest BCUT2D eigenvalue weighted by atomic mass is 19.1. The van der Waals surface area contributed by atoms with Crippen molar-refractivity contribution in [1.82, 2.24) is 9.13 Å². The summed E-state index contributed by atoms with van der Waals surface area (Å²) >= 11 is 0. The minimum atomic E-state index is -0.198. The fourth-order valence-corrected chi connectivity index (χ4v) is 7.62. The number of hydrogen-bond acceptors (Lipinski definition) is 1. The van der Waals surface area contributed by atoms with Crippen LogP contribution in [0.3, 0.4) is 0 Å². The summed E-state index contributed by atoms with van der Waals surface area (Å²) < 4.78 is 19.8. The zero-order valence-electron chi connectivity index (χ0n) is 25.9. The first kappa shape index (κ1) is 26.8. The molecule has 0 saturated heterocycles. The number of aromatic nitrogens is 2. The van der Waals surface area contributed by atoms with Crippen molar-refractivity contribution in [1.29, 1.82) is 0 Å². The summed E-state index contributed by atoms with van der Waals surface area (Å²) in [5, 5.41) is 8.16. The van der Waals surface area contributed by atoms with Crippen LogP contribution >= 0.6 is 0 Å². The van der Waals surface area contributed by atoms with Crippen LogP contribution in [0.25, 0.3) is 65.5 Å². The van der Waals surface area contributed by atoms with Gasteiger partial charge in [0.2, 0.25) is 0 Å². The summed E-state index contributed by atoms with van der Waals surface area (Å²) in [5.41, 5.74) is 7.59. The molecule has 0 fully saturated rings. The van der Waals surface area contributed by atoms with Crippen LogP contribution in [-0.4, -0.2) is 9.13 Å². The molecule has 0 unspecified atom stereocenters. The highest BCUT2D eigenvalue weighted by molar-refractivity contribution is 6.26. The van der Waals surface area contributed by atoms with Gasteiger partial charge in [-0.05, 0) is 64.7 Å². The molecular weight excluding hydrogens is 590 g/mol. The Hall–Kier alpha value is -6.39. The van der Waals surface area contributed by atoms with Crippen molar-refractivity contribution in [2.45, 2.75) is 0 Å². The molecule has 10 rings (SSSR count). The van der Waals surface area contributed by atoms with Gasteiger partial charge in [0.25, 0.3) is 0 Å². The van der Waals surface area contributed by atoms with Crippen molar-refractivity contribution < 1.29 is 4.39 Å². The molecule has 4 heteroatoms. The summed E-state index contributed by atoms with van der Waals surface area (Å²) in [5.74, 6) is -0.198. The van der Waals surface area contributed by atoms with Gasteiger partial charge in [-0.15, -0.1) is 0 Å². The van der Waals surface area contributed by atoms with Crippen molar-refractivity contribution in [2.75, 3.05) is 4.90 Å². The second-order valence-electron chi connectivity index (χ2n) is 12.4. The van der Waals surface area contributed by atoms with E-state index >= 15 is 4.39 Å². The van der Waals surface area contributed by atoms with Gasteiger partial charge in [-0.1, -0.05) is 109 Å². The minimum Gasteiger partial charge on any atom is -0.314 e. The van der Waals surface area contributed by atoms with E-state index in [0.29, 0.717) is 5.39 Å². The van der Waals surface area contributed by atoms with Crippen LogP contribution in [0.5, 0.6) is 0 Å². The Morgan fingerprint density at radius 3 is 1.42 bits per heavy atom. The second kappa shape index (κ2) is 10.3. The van der Waals surface area contributed by atoms with Crippen LogP contribution in [-0.2, 0) is 0 Å². The molecule has 2 aromatic heterocycles. The Morgan fingerprint density at radius 2 is 0.833 bits per heavy atom. The molecule has 0 N–H and O–H groups in total. The molecule has 10 aromatic rings. The fraction of sp³-hybridized carbons (Fsp3) is 0. The van der Waals surface area contributed by atoms with Gasteiger partial charge in [0.05, 0.1) is 28.1 Å². The topological polar surface area (TPSA) is 13.1 Å². The maximum Gasteiger partial charge on any atom is 0.131 e. The van der Waals surface area contributed by atoms with E-state index in [2.05, 4.69) is 160 Å². The molecule has 48 heavy (non-hydrogen) atoms. The van der Waals surface area contributed by atoms with E-state index in [1.54, 1.807) is 6.07 Å². The predicted molar refractivity (Wildman–Crippen MR) is 198 cm³/mol. The van der Waals surface area contributed by atoms with E-state index in [1.807, 2.05) is 18.2 Å². The lowest BCUT2D eigenvalue weighted by Crippen LogP contribution is -2.10. The number of halogens is 1. The third kappa shape index (κ3) is 3.86. The Morgan fingerprint density at radius 1 is 0.375 bits per heavy atom. The van der Waals surface area contributed by atoms with Gasteiger partial charge in [0.15, 0.2) is 0 Å². The Bertz CT molecular complexity index is 2680. The second-order valence-corrected chi connectivity index (χ2v) is 12.4.